The van der Waals surface area contributed by atoms with E-state index in [4.69, 9.17) is 11.6 Å². The number of nitrogens with zero attached hydrogens (tertiary/aromatic N) is 2. The third kappa shape index (κ3) is 3.45. The summed E-state index contributed by atoms with van der Waals surface area (Å²) in [5.74, 6) is 0.690. The van der Waals surface area contributed by atoms with Crippen LogP contribution in [0.4, 0.5) is 4.39 Å². The Morgan fingerprint density at radius 2 is 1.79 bits per heavy atom. The predicted molar refractivity (Wildman–Crippen MR) is 76.4 cm³/mol. The van der Waals surface area contributed by atoms with Crippen molar-refractivity contribution in [3.63, 3.8) is 0 Å². The lowest BCUT2D eigenvalue weighted by Crippen LogP contribution is -2.01. The molecular formula is C14H14ClFN2S. The fourth-order valence-electron chi connectivity index (χ4n) is 1.46. The van der Waals surface area contributed by atoms with Crippen LogP contribution in [0.25, 0.3) is 0 Å². The molecule has 0 saturated carbocycles. The quantitative estimate of drug-likeness (QED) is 0.757. The van der Waals surface area contributed by atoms with Gasteiger partial charge in [0.1, 0.15) is 21.8 Å². The van der Waals surface area contributed by atoms with E-state index >= 15 is 0 Å². The Morgan fingerprint density at radius 1 is 1.16 bits per heavy atom. The van der Waals surface area contributed by atoms with E-state index in [2.05, 4.69) is 9.97 Å². The summed E-state index contributed by atoms with van der Waals surface area (Å²) < 4.78 is 12.9. The topological polar surface area (TPSA) is 25.8 Å². The van der Waals surface area contributed by atoms with Crippen LogP contribution in [-0.2, 0) is 0 Å². The minimum Gasteiger partial charge on any atom is -0.226 e. The molecule has 0 aliphatic heterocycles. The van der Waals surface area contributed by atoms with Crippen molar-refractivity contribution in [2.24, 2.45) is 0 Å². The van der Waals surface area contributed by atoms with E-state index in [1.54, 1.807) is 12.1 Å². The maximum absolute atomic E-state index is 12.9. The Kier molecular flexibility index (Phi) is 4.42. The molecule has 0 amide bonds. The van der Waals surface area contributed by atoms with Crippen molar-refractivity contribution < 1.29 is 4.39 Å². The largest absolute Gasteiger partial charge is 0.226 e. The second kappa shape index (κ2) is 5.88. The fraction of sp³-hybridized carbons (Fsp3) is 0.286. The molecule has 0 bridgehead atoms. The van der Waals surface area contributed by atoms with Gasteiger partial charge in [0, 0.05) is 16.4 Å². The maximum Gasteiger partial charge on any atom is 0.136 e. The zero-order valence-corrected chi connectivity index (χ0v) is 12.5. The Morgan fingerprint density at radius 3 is 2.37 bits per heavy atom. The summed E-state index contributed by atoms with van der Waals surface area (Å²) in [7, 11) is 0. The van der Waals surface area contributed by atoms with Gasteiger partial charge in [-0.15, -0.1) is 0 Å². The number of hydrogen-bond acceptors (Lipinski definition) is 3. The molecule has 2 aromatic rings. The molecule has 100 valence electrons. The highest BCUT2D eigenvalue weighted by Crippen LogP contribution is 2.32. The van der Waals surface area contributed by atoms with Crippen molar-refractivity contribution in [2.75, 3.05) is 0 Å². The normalized spacial score (nSPS) is 11.1. The zero-order chi connectivity index (χ0) is 14.0. The van der Waals surface area contributed by atoms with Crippen LogP contribution >= 0.6 is 23.4 Å². The van der Waals surface area contributed by atoms with Crippen molar-refractivity contribution >= 4 is 23.4 Å². The summed E-state index contributed by atoms with van der Waals surface area (Å²) in [5, 5.41) is 1.29. The molecule has 0 saturated heterocycles. The van der Waals surface area contributed by atoms with Gasteiger partial charge in [0.15, 0.2) is 0 Å². The second-order valence-electron chi connectivity index (χ2n) is 4.51. The average molecular weight is 297 g/mol. The summed E-state index contributed by atoms with van der Waals surface area (Å²) in [6.07, 6.45) is 0. The maximum atomic E-state index is 12.9. The average Bonchev–Trinajstić information content (AvgIpc) is 2.37. The molecule has 0 aliphatic carbocycles. The Labute approximate surface area is 121 Å². The van der Waals surface area contributed by atoms with Crippen LogP contribution in [-0.4, -0.2) is 9.97 Å². The molecule has 5 heteroatoms. The van der Waals surface area contributed by atoms with Gasteiger partial charge in [-0.05, 0) is 31.2 Å². The summed E-state index contributed by atoms with van der Waals surface area (Å²) in [6, 6.07) is 6.32. The lowest BCUT2D eigenvalue weighted by Gasteiger charge is -2.10. The molecule has 19 heavy (non-hydrogen) atoms. The minimum absolute atomic E-state index is 0.214. The third-order valence-electron chi connectivity index (χ3n) is 2.60. The number of aromatic nitrogens is 2. The molecule has 0 aliphatic rings. The predicted octanol–water partition coefficient (Wildman–Crippen LogP) is 4.85. The number of rotatable bonds is 3. The van der Waals surface area contributed by atoms with E-state index in [9.17, 15) is 4.39 Å². The highest BCUT2D eigenvalue weighted by atomic mass is 35.5. The van der Waals surface area contributed by atoms with Crippen LogP contribution in [0.3, 0.4) is 0 Å². The van der Waals surface area contributed by atoms with Gasteiger partial charge in [-0.1, -0.05) is 37.2 Å². The first-order valence-corrected chi connectivity index (χ1v) is 7.14. The van der Waals surface area contributed by atoms with Crippen molar-refractivity contribution in [1.29, 1.82) is 0 Å². The number of halogens is 2. The molecule has 0 atom stereocenters. The molecule has 0 radical (unpaired) electrons. The van der Waals surface area contributed by atoms with Gasteiger partial charge in [-0.25, -0.2) is 14.4 Å². The first-order valence-electron chi connectivity index (χ1n) is 5.95. The highest BCUT2D eigenvalue weighted by Gasteiger charge is 2.12. The van der Waals surface area contributed by atoms with Crippen molar-refractivity contribution in [3.8, 4) is 0 Å². The standard InChI is InChI=1S/C14H14ClFN2S/c1-8(2)13-17-12(15)9(3)14(18-13)19-11-6-4-10(16)5-7-11/h4-8H,1-3H3. The van der Waals surface area contributed by atoms with Crippen molar-refractivity contribution in [1.82, 2.24) is 9.97 Å². The Bertz CT molecular complexity index is 585. The van der Waals surface area contributed by atoms with Crippen molar-refractivity contribution in [3.05, 3.63) is 46.6 Å². The number of benzene rings is 1. The summed E-state index contributed by atoms with van der Waals surface area (Å²) in [5.41, 5.74) is 0.848. The molecule has 0 spiro atoms. The molecule has 1 aromatic carbocycles. The molecule has 0 fully saturated rings. The lowest BCUT2D eigenvalue weighted by molar-refractivity contribution is 0.626. The fourth-order valence-corrected chi connectivity index (χ4v) is 2.57. The van der Waals surface area contributed by atoms with E-state index in [1.807, 2.05) is 20.8 Å². The molecule has 0 unspecified atom stereocenters. The second-order valence-corrected chi connectivity index (χ2v) is 5.93. The first kappa shape index (κ1) is 14.3. The number of hydrogen-bond donors (Lipinski definition) is 0. The molecule has 0 N–H and O–H groups in total. The van der Waals surface area contributed by atoms with E-state index in [0.717, 1.165) is 21.3 Å². The van der Waals surface area contributed by atoms with E-state index in [1.165, 1.54) is 23.9 Å². The summed E-state index contributed by atoms with van der Waals surface area (Å²) >= 11 is 7.60. The van der Waals surface area contributed by atoms with Crippen LogP contribution in [0.5, 0.6) is 0 Å². The van der Waals surface area contributed by atoms with Gasteiger partial charge in [0.25, 0.3) is 0 Å². The van der Waals surface area contributed by atoms with E-state index in [0.29, 0.717) is 5.15 Å². The Balaban J connectivity index is 2.36. The van der Waals surface area contributed by atoms with Gasteiger partial charge in [0.2, 0.25) is 0 Å². The molecular weight excluding hydrogens is 283 g/mol. The van der Waals surface area contributed by atoms with Gasteiger partial charge < -0.3 is 0 Å². The van der Waals surface area contributed by atoms with E-state index < -0.39 is 0 Å². The minimum atomic E-state index is -0.246. The summed E-state index contributed by atoms with van der Waals surface area (Å²) in [4.78, 5) is 9.72. The Hall–Kier alpha value is -1.13. The van der Waals surface area contributed by atoms with Crippen molar-refractivity contribution in [2.45, 2.75) is 36.6 Å². The zero-order valence-electron chi connectivity index (χ0n) is 10.9. The van der Waals surface area contributed by atoms with Crippen LogP contribution in [0.15, 0.2) is 34.2 Å². The van der Waals surface area contributed by atoms with Crippen LogP contribution in [0.1, 0.15) is 31.2 Å². The van der Waals surface area contributed by atoms with Gasteiger partial charge >= 0.3 is 0 Å². The molecule has 2 rings (SSSR count). The molecule has 2 nitrogen and oxygen atoms in total. The SMILES string of the molecule is Cc1c(Cl)nc(C(C)C)nc1Sc1ccc(F)cc1. The van der Waals surface area contributed by atoms with Gasteiger partial charge in [0.05, 0.1) is 0 Å². The molecule has 1 aromatic heterocycles. The van der Waals surface area contributed by atoms with Crippen LogP contribution in [0, 0.1) is 12.7 Å². The van der Waals surface area contributed by atoms with E-state index in [-0.39, 0.29) is 11.7 Å². The lowest BCUT2D eigenvalue weighted by atomic mass is 10.2. The first-order chi connectivity index (χ1) is 8.97. The van der Waals surface area contributed by atoms with Gasteiger partial charge in [-0.2, -0.15) is 0 Å². The third-order valence-corrected chi connectivity index (χ3v) is 4.07. The smallest absolute Gasteiger partial charge is 0.136 e. The van der Waals surface area contributed by atoms with Gasteiger partial charge in [-0.3, -0.25) is 0 Å². The highest BCUT2D eigenvalue weighted by molar-refractivity contribution is 7.99. The summed E-state index contributed by atoms with van der Waals surface area (Å²) in [6.45, 7) is 5.93. The van der Waals surface area contributed by atoms with Crippen LogP contribution in [0.2, 0.25) is 5.15 Å². The monoisotopic (exact) mass is 296 g/mol. The molecule has 1 heterocycles. The van der Waals surface area contributed by atoms with Crippen LogP contribution < -0.4 is 0 Å².